The van der Waals surface area contributed by atoms with Crippen molar-refractivity contribution >= 4 is 5.97 Å². The van der Waals surface area contributed by atoms with Gasteiger partial charge in [-0.1, -0.05) is 0 Å². The highest BCUT2D eigenvalue weighted by molar-refractivity contribution is 5.66. The SMILES string of the molecule is Cc1nn(C)c(C)c1C(C)N1CCC(CCC(=O)O)C1. The molecule has 1 aliphatic rings. The van der Waals surface area contributed by atoms with Gasteiger partial charge in [-0.15, -0.1) is 0 Å². The number of aromatic nitrogens is 2. The average Bonchev–Trinajstić information content (AvgIpc) is 2.93. The number of rotatable bonds is 5. The lowest BCUT2D eigenvalue weighted by Crippen LogP contribution is -2.25. The molecule has 5 nitrogen and oxygen atoms in total. The number of likely N-dealkylation sites (tertiary alicyclic amines) is 1. The lowest BCUT2D eigenvalue weighted by Gasteiger charge is -2.25. The Bertz CT molecular complexity index is 496. The van der Waals surface area contributed by atoms with E-state index in [4.69, 9.17) is 5.11 Å². The number of carbonyl (C=O) groups is 1. The van der Waals surface area contributed by atoms with Gasteiger partial charge in [0.15, 0.2) is 0 Å². The van der Waals surface area contributed by atoms with Crippen LogP contribution in [-0.2, 0) is 11.8 Å². The summed E-state index contributed by atoms with van der Waals surface area (Å²) in [5.74, 6) is -0.165. The summed E-state index contributed by atoms with van der Waals surface area (Å²) in [5, 5.41) is 13.3. The van der Waals surface area contributed by atoms with Crippen LogP contribution in [0.3, 0.4) is 0 Å². The maximum atomic E-state index is 10.7. The number of nitrogens with zero attached hydrogens (tertiary/aromatic N) is 3. The third-order valence-corrected chi connectivity index (χ3v) is 4.61. The summed E-state index contributed by atoms with van der Waals surface area (Å²) in [4.78, 5) is 13.1. The zero-order valence-electron chi connectivity index (χ0n) is 12.9. The van der Waals surface area contributed by atoms with Gasteiger partial charge in [0.2, 0.25) is 0 Å². The fourth-order valence-corrected chi connectivity index (χ4v) is 3.35. The van der Waals surface area contributed by atoms with Gasteiger partial charge in [0.05, 0.1) is 5.69 Å². The molecule has 1 saturated heterocycles. The van der Waals surface area contributed by atoms with Gasteiger partial charge < -0.3 is 5.11 Å². The first-order valence-electron chi connectivity index (χ1n) is 7.36. The predicted molar refractivity (Wildman–Crippen MR) is 77.6 cm³/mol. The molecule has 20 heavy (non-hydrogen) atoms. The molecule has 5 heteroatoms. The summed E-state index contributed by atoms with van der Waals surface area (Å²) < 4.78 is 1.94. The highest BCUT2D eigenvalue weighted by Crippen LogP contribution is 2.32. The lowest BCUT2D eigenvalue weighted by molar-refractivity contribution is -0.137. The van der Waals surface area contributed by atoms with E-state index in [0.29, 0.717) is 12.0 Å². The Morgan fingerprint density at radius 1 is 1.50 bits per heavy atom. The number of hydrogen-bond donors (Lipinski definition) is 1. The molecular weight excluding hydrogens is 254 g/mol. The molecule has 0 aliphatic carbocycles. The van der Waals surface area contributed by atoms with Crippen molar-refractivity contribution < 1.29 is 9.90 Å². The molecule has 1 aromatic heterocycles. The molecule has 112 valence electrons. The van der Waals surface area contributed by atoms with Crippen LogP contribution in [0.25, 0.3) is 0 Å². The van der Waals surface area contributed by atoms with Crippen LogP contribution in [0.15, 0.2) is 0 Å². The van der Waals surface area contributed by atoms with Crippen molar-refractivity contribution in [1.29, 1.82) is 0 Å². The number of hydrogen-bond acceptors (Lipinski definition) is 3. The van der Waals surface area contributed by atoms with Crippen LogP contribution in [0.5, 0.6) is 0 Å². The van der Waals surface area contributed by atoms with Crippen LogP contribution in [0, 0.1) is 19.8 Å². The summed E-state index contributed by atoms with van der Waals surface area (Å²) in [6.07, 6.45) is 2.19. The van der Waals surface area contributed by atoms with Crippen molar-refractivity contribution in [1.82, 2.24) is 14.7 Å². The van der Waals surface area contributed by atoms with Crippen molar-refractivity contribution in [2.75, 3.05) is 13.1 Å². The van der Waals surface area contributed by atoms with E-state index in [2.05, 4.69) is 30.8 Å². The molecule has 0 amide bonds. The van der Waals surface area contributed by atoms with Crippen LogP contribution < -0.4 is 0 Å². The zero-order valence-corrected chi connectivity index (χ0v) is 12.9. The number of aryl methyl sites for hydroxylation is 2. The molecule has 1 N–H and O–H groups in total. The third-order valence-electron chi connectivity index (χ3n) is 4.61. The Morgan fingerprint density at radius 3 is 2.75 bits per heavy atom. The topological polar surface area (TPSA) is 58.4 Å². The summed E-state index contributed by atoms with van der Waals surface area (Å²) in [5.41, 5.74) is 3.65. The second-order valence-corrected chi connectivity index (χ2v) is 5.97. The minimum absolute atomic E-state index is 0.290. The highest BCUT2D eigenvalue weighted by Gasteiger charge is 2.29. The Balaban J connectivity index is 2.00. The molecule has 2 heterocycles. The van der Waals surface area contributed by atoms with Gasteiger partial charge in [-0.25, -0.2) is 0 Å². The first-order chi connectivity index (χ1) is 9.40. The van der Waals surface area contributed by atoms with Crippen molar-refractivity contribution in [3.05, 3.63) is 17.0 Å². The fraction of sp³-hybridized carbons (Fsp3) is 0.733. The van der Waals surface area contributed by atoms with E-state index in [1.54, 1.807) is 0 Å². The van der Waals surface area contributed by atoms with Gasteiger partial charge in [0, 0.05) is 37.3 Å². The average molecular weight is 279 g/mol. The van der Waals surface area contributed by atoms with Gasteiger partial charge in [-0.3, -0.25) is 14.4 Å². The summed E-state index contributed by atoms with van der Waals surface area (Å²) in [6, 6.07) is 0.360. The third kappa shape index (κ3) is 3.03. The molecular formula is C15H25N3O2. The van der Waals surface area contributed by atoms with E-state index in [0.717, 1.165) is 31.6 Å². The van der Waals surface area contributed by atoms with Crippen molar-refractivity contribution in [3.63, 3.8) is 0 Å². The Morgan fingerprint density at radius 2 is 2.20 bits per heavy atom. The lowest BCUT2D eigenvalue weighted by atomic mass is 10.0. The molecule has 1 aliphatic heterocycles. The second-order valence-electron chi connectivity index (χ2n) is 5.97. The molecule has 1 aromatic rings. The maximum Gasteiger partial charge on any atom is 0.303 e. The minimum Gasteiger partial charge on any atom is -0.481 e. The van der Waals surface area contributed by atoms with Gasteiger partial charge in [0.25, 0.3) is 0 Å². The van der Waals surface area contributed by atoms with Crippen LogP contribution in [-0.4, -0.2) is 38.8 Å². The monoisotopic (exact) mass is 279 g/mol. The molecule has 2 atom stereocenters. The first-order valence-corrected chi connectivity index (χ1v) is 7.36. The summed E-state index contributed by atoms with van der Waals surface area (Å²) >= 11 is 0. The Labute approximate surface area is 120 Å². The van der Waals surface area contributed by atoms with E-state index in [-0.39, 0.29) is 6.42 Å². The normalized spacial score (nSPS) is 21.3. The molecule has 0 aromatic carbocycles. The summed E-state index contributed by atoms with van der Waals surface area (Å²) in [7, 11) is 1.98. The van der Waals surface area contributed by atoms with Crippen molar-refractivity contribution in [3.8, 4) is 0 Å². The van der Waals surface area contributed by atoms with Gasteiger partial charge in [-0.2, -0.15) is 5.10 Å². The maximum absolute atomic E-state index is 10.7. The molecule has 0 radical (unpaired) electrons. The quantitative estimate of drug-likeness (QED) is 0.898. The van der Waals surface area contributed by atoms with Gasteiger partial charge >= 0.3 is 5.97 Å². The van der Waals surface area contributed by atoms with E-state index in [9.17, 15) is 4.79 Å². The van der Waals surface area contributed by atoms with Crippen LogP contribution >= 0.6 is 0 Å². The molecule has 0 bridgehead atoms. The number of aliphatic carboxylic acids is 1. The standard InChI is InChI=1S/C15H25N3O2/c1-10-15(11(2)17(4)16-10)12(3)18-8-7-13(9-18)5-6-14(19)20/h12-13H,5-9H2,1-4H3,(H,19,20). The Kier molecular flexibility index (Phi) is 4.48. The fourth-order valence-electron chi connectivity index (χ4n) is 3.35. The van der Waals surface area contributed by atoms with Gasteiger partial charge in [0.1, 0.15) is 0 Å². The largest absolute Gasteiger partial charge is 0.481 e. The van der Waals surface area contributed by atoms with Crippen molar-refractivity contribution in [2.45, 2.75) is 46.1 Å². The molecule has 1 fully saturated rings. The predicted octanol–water partition coefficient (Wildman–Crippen LogP) is 2.28. The summed E-state index contributed by atoms with van der Waals surface area (Å²) in [6.45, 7) is 8.47. The van der Waals surface area contributed by atoms with E-state index >= 15 is 0 Å². The van der Waals surface area contributed by atoms with Crippen LogP contribution in [0.4, 0.5) is 0 Å². The van der Waals surface area contributed by atoms with Crippen LogP contribution in [0.1, 0.15) is 49.2 Å². The molecule has 0 saturated carbocycles. The number of carboxylic acid groups (broad SMARTS) is 1. The molecule has 2 rings (SSSR count). The number of carboxylic acids is 1. The van der Waals surface area contributed by atoms with E-state index in [1.165, 1.54) is 11.3 Å². The first kappa shape index (κ1) is 15.0. The minimum atomic E-state index is -0.685. The highest BCUT2D eigenvalue weighted by atomic mass is 16.4. The second kappa shape index (κ2) is 5.95. The smallest absolute Gasteiger partial charge is 0.303 e. The van der Waals surface area contributed by atoms with Gasteiger partial charge in [-0.05, 0) is 46.1 Å². The van der Waals surface area contributed by atoms with E-state index in [1.807, 2.05) is 11.7 Å². The van der Waals surface area contributed by atoms with Crippen molar-refractivity contribution in [2.24, 2.45) is 13.0 Å². The molecule has 0 spiro atoms. The Hall–Kier alpha value is -1.36. The molecule has 2 unspecified atom stereocenters. The van der Waals surface area contributed by atoms with E-state index < -0.39 is 5.97 Å². The zero-order chi connectivity index (χ0) is 14.9. The van der Waals surface area contributed by atoms with Crippen LogP contribution in [0.2, 0.25) is 0 Å².